The summed E-state index contributed by atoms with van der Waals surface area (Å²) in [4.78, 5) is 23.7. The Morgan fingerprint density at radius 3 is 2.10 bits per heavy atom. The second kappa shape index (κ2) is 10.8. The van der Waals surface area contributed by atoms with Gasteiger partial charge in [-0.2, -0.15) is 0 Å². The minimum absolute atomic E-state index is 0.157. The number of hydrogen-bond acceptors (Lipinski definition) is 4. The summed E-state index contributed by atoms with van der Waals surface area (Å²) in [7, 11) is 0. The highest BCUT2D eigenvalue weighted by molar-refractivity contribution is 5.84. The standard InChI is InChI=1S/C25H25NO5/c1-18-7-11-21(12-8-18)31-17-24(27)26-23(25(28)29)15-19-9-13-22(14-10-19)30-16-20-5-3-2-4-6-20/h2-14,23H,15-17H2,1H3,(H,26,27)(H,28,29)/t23-/m0/s1. The first-order valence-electron chi connectivity index (χ1n) is 9.97. The van der Waals surface area contributed by atoms with E-state index in [9.17, 15) is 14.7 Å². The van der Waals surface area contributed by atoms with Gasteiger partial charge in [0.1, 0.15) is 24.1 Å². The lowest BCUT2D eigenvalue weighted by molar-refractivity contribution is -0.142. The van der Waals surface area contributed by atoms with Crippen LogP contribution in [0.1, 0.15) is 16.7 Å². The molecule has 0 saturated carbocycles. The van der Waals surface area contributed by atoms with Crippen LogP contribution >= 0.6 is 0 Å². The van der Waals surface area contributed by atoms with Crippen molar-refractivity contribution in [3.63, 3.8) is 0 Å². The van der Waals surface area contributed by atoms with Crippen LogP contribution in [0.25, 0.3) is 0 Å². The zero-order chi connectivity index (χ0) is 22.1. The fourth-order valence-electron chi connectivity index (χ4n) is 2.92. The molecule has 0 aliphatic carbocycles. The molecule has 0 unspecified atom stereocenters. The molecule has 1 amide bonds. The van der Waals surface area contributed by atoms with E-state index in [0.717, 1.165) is 16.7 Å². The zero-order valence-corrected chi connectivity index (χ0v) is 17.3. The van der Waals surface area contributed by atoms with Gasteiger partial charge in [0.25, 0.3) is 5.91 Å². The maximum Gasteiger partial charge on any atom is 0.326 e. The lowest BCUT2D eigenvalue weighted by Crippen LogP contribution is -2.44. The fourth-order valence-corrected chi connectivity index (χ4v) is 2.92. The second-order valence-corrected chi connectivity index (χ2v) is 7.18. The summed E-state index contributed by atoms with van der Waals surface area (Å²) in [6.45, 7) is 2.16. The number of benzene rings is 3. The molecule has 0 spiro atoms. The molecule has 0 bridgehead atoms. The predicted octanol–water partition coefficient (Wildman–Crippen LogP) is 3.76. The molecule has 0 aliphatic heterocycles. The fraction of sp³-hybridized carbons (Fsp3) is 0.200. The predicted molar refractivity (Wildman–Crippen MR) is 117 cm³/mol. The van der Waals surface area contributed by atoms with Crippen molar-refractivity contribution in [2.24, 2.45) is 0 Å². The summed E-state index contributed by atoms with van der Waals surface area (Å²) in [5.74, 6) is -0.349. The molecule has 31 heavy (non-hydrogen) atoms. The average molecular weight is 419 g/mol. The molecule has 1 atom stereocenters. The topological polar surface area (TPSA) is 84.9 Å². The average Bonchev–Trinajstić information content (AvgIpc) is 2.78. The van der Waals surface area contributed by atoms with Crippen molar-refractivity contribution in [1.29, 1.82) is 0 Å². The molecular formula is C25H25NO5. The quantitative estimate of drug-likeness (QED) is 0.523. The molecule has 3 aromatic rings. The van der Waals surface area contributed by atoms with E-state index in [1.807, 2.05) is 49.4 Å². The molecule has 3 rings (SSSR count). The van der Waals surface area contributed by atoms with Crippen molar-refractivity contribution >= 4 is 11.9 Å². The summed E-state index contributed by atoms with van der Waals surface area (Å²) in [5, 5.41) is 12.0. The Morgan fingerprint density at radius 2 is 1.45 bits per heavy atom. The summed E-state index contributed by atoms with van der Waals surface area (Å²) in [5.41, 5.74) is 2.92. The molecule has 0 heterocycles. The number of carbonyl (C=O) groups is 2. The SMILES string of the molecule is Cc1ccc(OCC(=O)N[C@@H](Cc2ccc(OCc3ccccc3)cc2)C(=O)O)cc1. The maximum absolute atomic E-state index is 12.1. The van der Waals surface area contributed by atoms with Gasteiger partial charge in [0.15, 0.2) is 6.61 Å². The first-order chi connectivity index (χ1) is 15.0. The van der Waals surface area contributed by atoms with Crippen LogP contribution in [0.15, 0.2) is 78.9 Å². The summed E-state index contributed by atoms with van der Waals surface area (Å²) in [6, 6.07) is 23.2. The van der Waals surface area contributed by atoms with Crippen LogP contribution < -0.4 is 14.8 Å². The Hall–Kier alpha value is -3.80. The first-order valence-corrected chi connectivity index (χ1v) is 9.97. The lowest BCUT2D eigenvalue weighted by Gasteiger charge is -2.15. The number of rotatable bonds is 10. The molecule has 0 aromatic heterocycles. The third-order valence-corrected chi connectivity index (χ3v) is 4.64. The van der Waals surface area contributed by atoms with Crippen LogP contribution in [0.3, 0.4) is 0 Å². The van der Waals surface area contributed by atoms with Crippen LogP contribution in [0, 0.1) is 6.92 Å². The third-order valence-electron chi connectivity index (χ3n) is 4.64. The van der Waals surface area contributed by atoms with Gasteiger partial charge in [-0.1, -0.05) is 60.2 Å². The van der Waals surface area contributed by atoms with Crippen molar-refractivity contribution in [2.75, 3.05) is 6.61 Å². The lowest BCUT2D eigenvalue weighted by atomic mass is 10.1. The van der Waals surface area contributed by atoms with Gasteiger partial charge in [0.2, 0.25) is 0 Å². The highest BCUT2D eigenvalue weighted by Crippen LogP contribution is 2.16. The van der Waals surface area contributed by atoms with Gasteiger partial charge in [-0.25, -0.2) is 4.79 Å². The van der Waals surface area contributed by atoms with Crippen molar-refractivity contribution < 1.29 is 24.2 Å². The second-order valence-electron chi connectivity index (χ2n) is 7.18. The molecule has 0 radical (unpaired) electrons. The molecule has 2 N–H and O–H groups in total. The van der Waals surface area contributed by atoms with Gasteiger partial charge in [0.05, 0.1) is 0 Å². The third kappa shape index (κ3) is 7.19. The van der Waals surface area contributed by atoms with E-state index in [2.05, 4.69) is 5.32 Å². The number of carbonyl (C=O) groups excluding carboxylic acids is 1. The maximum atomic E-state index is 12.1. The van der Waals surface area contributed by atoms with E-state index >= 15 is 0 Å². The van der Waals surface area contributed by atoms with Crippen LogP contribution in [0.5, 0.6) is 11.5 Å². The van der Waals surface area contributed by atoms with Gasteiger partial charge in [-0.05, 0) is 42.3 Å². The summed E-state index contributed by atoms with van der Waals surface area (Å²) >= 11 is 0. The van der Waals surface area contributed by atoms with Crippen molar-refractivity contribution in [2.45, 2.75) is 26.0 Å². The minimum atomic E-state index is -1.10. The first kappa shape index (κ1) is 21.9. The number of amides is 1. The zero-order valence-electron chi connectivity index (χ0n) is 17.3. The summed E-state index contributed by atoms with van der Waals surface area (Å²) < 4.78 is 11.2. The van der Waals surface area contributed by atoms with E-state index in [1.54, 1.807) is 36.4 Å². The Balaban J connectivity index is 1.50. The van der Waals surface area contributed by atoms with Crippen LogP contribution in [-0.2, 0) is 22.6 Å². The monoisotopic (exact) mass is 419 g/mol. The molecule has 0 saturated heterocycles. The summed E-state index contributed by atoms with van der Waals surface area (Å²) in [6.07, 6.45) is 0.157. The van der Waals surface area contributed by atoms with Gasteiger partial charge in [-0.15, -0.1) is 0 Å². The van der Waals surface area contributed by atoms with Crippen LogP contribution in [0.4, 0.5) is 0 Å². The molecule has 0 aliphatic rings. The molecule has 6 heteroatoms. The number of carboxylic acid groups (broad SMARTS) is 1. The van der Waals surface area contributed by atoms with Gasteiger partial charge in [-0.3, -0.25) is 4.79 Å². The van der Waals surface area contributed by atoms with Gasteiger partial charge in [0, 0.05) is 6.42 Å². The normalized spacial score (nSPS) is 11.4. The smallest absolute Gasteiger partial charge is 0.326 e. The number of aryl methyl sites for hydroxylation is 1. The van der Waals surface area contributed by atoms with E-state index < -0.39 is 17.9 Å². The number of ether oxygens (including phenoxy) is 2. The molecule has 6 nitrogen and oxygen atoms in total. The minimum Gasteiger partial charge on any atom is -0.489 e. The highest BCUT2D eigenvalue weighted by atomic mass is 16.5. The molecule has 3 aromatic carbocycles. The highest BCUT2D eigenvalue weighted by Gasteiger charge is 2.20. The van der Waals surface area contributed by atoms with E-state index in [-0.39, 0.29) is 13.0 Å². The number of carboxylic acids is 1. The van der Waals surface area contributed by atoms with E-state index in [4.69, 9.17) is 9.47 Å². The van der Waals surface area contributed by atoms with E-state index in [1.165, 1.54) is 0 Å². The van der Waals surface area contributed by atoms with E-state index in [0.29, 0.717) is 18.1 Å². The Bertz CT molecular complexity index is 985. The Kier molecular flexibility index (Phi) is 7.65. The van der Waals surface area contributed by atoms with Crippen LogP contribution in [-0.4, -0.2) is 29.6 Å². The van der Waals surface area contributed by atoms with Gasteiger partial charge >= 0.3 is 5.97 Å². The van der Waals surface area contributed by atoms with Crippen molar-refractivity contribution in [1.82, 2.24) is 5.32 Å². The van der Waals surface area contributed by atoms with Gasteiger partial charge < -0.3 is 19.9 Å². The van der Waals surface area contributed by atoms with Crippen molar-refractivity contribution in [3.05, 3.63) is 95.6 Å². The Morgan fingerprint density at radius 1 is 0.839 bits per heavy atom. The molecular weight excluding hydrogens is 394 g/mol. The van der Waals surface area contributed by atoms with Crippen molar-refractivity contribution in [3.8, 4) is 11.5 Å². The molecule has 0 fully saturated rings. The van der Waals surface area contributed by atoms with Crippen LogP contribution in [0.2, 0.25) is 0 Å². The number of hydrogen-bond donors (Lipinski definition) is 2. The molecule has 160 valence electrons. The number of nitrogens with one attached hydrogen (secondary N) is 1. The largest absolute Gasteiger partial charge is 0.489 e. The Labute approximate surface area is 181 Å². The number of aliphatic carboxylic acids is 1.